The zero-order valence-electron chi connectivity index (χ0n) is 15.4. The molecule has 1 fully saturated rings. The Kier molecular flexibility index (Phi) is 5.70. The van der Waals surface area contributed by atoms with Crippen LogP contribution in [0, 0.1) is 5.92 Å². The van der Waals surface area contributed by atoms with Gasteiger partial charge >= 0.3 is 0 Å². The first-order chi connectivity index (χ1) is 12.8. The number of rotatable bonds is 6. The summed E-state index contributed by atoms with van der Waals surface area (Å²) in [6.07, 6.45) is 10.1. The number of carbonyl (C=O) groups is 1. The molecule has 0 N–H and O–H groups in total. The minimum Gasteiger partial charge on any atom is -0.381 e. The molecule has 4 rings (SSSR count). The van der Waals surface area contributed by atoms with Crippen LogP contribution in [-0.4, -0.2) is 53.6 Å². The van der Waals surface area contributed by atoms with Gasteiger partial charge in [0.1, 0.15) is 0 Å². The second-order valence-electron chi connectivity index (χ2n) is 7.65. The molecular weight excluding hydrogens is 330 g/mol. The topological polar surface area (TPSA) is 56.6 Å². The van der Waals surface area contributed by atoms with Crippen LogP contribution in [0.5, 0.6) is 0 Å². The van der Waals surface area contributed by atoms with E-state index >= 15 is 0 Å². The summed E-state index contributed by atoms with van der Waals surface area (Å²) in [4.78, 5) is 14.8. The number of hydrogen-bond donors (Lipinski definition) is 0. The third kappa shape index (κ3) is 4.01. The van der Waals surface area contributed by atoms with E-state index in [0.717, 1.165) is 76.2 Å². The Morgan fingerprint density at radius 2 is 2.23 bits per heavy atom. The van der Waals surface area contributed by atoms with Crippen LogP contribution in [0.4, 0.5) is 0 Å². The summed E-state index contributed by atoms with van der Waals surface area (Å²) >= 11 is 0. The number of ether oxygens (including phenoxy) is 2. The Labute approximate surface area is 155 Å². The van der Waals surface area contributed by atoms with E-state index in [1.165, 1.54) is 0 Å². The molecule has 1 aliphatic carbocycles. The minimum atomic E-state index is 0.203. The predicted molar refractivity (Wildman–Crippen MR) is 97.6 cm³/mol. The van der Waals surface area contributed by atoms with E-state index in [0.29, 0.717) is 19.1 Å². The van der Waals surface area contributed by atoms with Gasteiger partial charge in [0, 0.05) is 44.7 Å². The highest BCUT2D eigenvalue weighted by Crippen LogP contribution is 2.27. The normalized spacial score (nSPS) is 23.8. The van der Waals surface area contributed by atoms with E-state index in [1.807, 2.05) is 17.2 Å². The largest absolute Gasteiger partial charge is 0.381 e. The molecule has 6 nitrogen and oxygen atoms in total. The fourth-order valence-electron chi connectivity index (χ4n) is 4.21. The van der Waals surface area contributed by atoms with Crippen molar-refractivity contribution in [2.45, 2.75) is 51.1 Å². The molecule has 26 heavy (non-hydrogen) atoms. The average molecular weight is 359 g/mol. The van der Waals surface area contributed by atoms with E-state index in [4.69, 9.17) is 9.47 Å². The molecule has 6 heteroatoms. The highest BCUT2D eigenvalue weighted by Gasteiger charge is 2.30. The van der Waals surface area contributed by atoms with E-state index in [9.17, 15) is 4.79 Å². The lowest BCUT2D eigenvalue weighted by Gasteiger charge is -2.34. The number of allylic oxidation sites excluding steroid dienone is 1. The van der Waals surface area contributed by atoms with E-state index < -0.39 is 0 Å². The molecule has 0 bridgehead atoms. The molecule has 2 aliphatic heterocycles. The van der Waals surface area contributed by atoms with Crippen molar-refractivity contribution in [2.24, 2.45) is 5.92 Å². The van der Waals surface area contributed by atoms with Gasteiger partial charge in [0.2, 0.25) is 5.91 Å². The molecule has 0 unspecified atom stereocenters. The molecular formula is C20H29N3O3. The Hall–Kier alpha value is -1.66. The molecule has 1 atom stereocenters. The molecule has 142 valence electrons. The lowest BCUT2D eigenvalue weighted by Crippen LogP contribution is -2.42. The summed E-state index contributed by atoms with van der Waals surface area (Å²) in [5.41, 5.74) is 2.12. The van der Waals surface area contributed by atoms with Crippen LogP contribution in [0.25, 0.3) is 0 Å². The zero-order chi connectivity index (χ0) is 17.8. The molecule has 1 saturated heterocycles. The number of amides is 1. The highest BCUT2D eigenvalue weighted by atomic mass is 16.5. The SMILES string of the molecule is O=C(C1=CCCC1)N1Cc2ccnn2[C@@H](CCOCC2CCOCC2)C1. The third-order valence-corrected chi connectivity index (χ3v) is 5.77. The average Bonchev–Trinajstić information content (AvgIpc) is 3.37. The number of carbonyl (C=O) groups excluding carboxylic acids is 1. The van der Waals surface area contributed by atoms with Gasteiger partial charge in [-0.15, -0.1) is 0 Å². The van der Waals surface area contributed by atoms with Crippen molar-refractivity contribution in [1.29, 1.82) is 0 Å². The van der Waals surface area contributed by atoms with E-state index in [2.05, 4.69) is 15.9 Å². The summed E-state index contributed by atoms with van der Waals surface area (Å²) in [5.74, 6) is 0.839. The molecule has 1 aromatic heterocycles. The lowest BCUT2D eigenvalue weighted by atomic mass is 10.0. The number of nitrogens with zero attached hydrogens (tertiary/aromatic N) is 3. The fraction of sp³-hybridized carbons (Fsp3) is 0.700. The van der Waals surface area contributed by atoms with E-state index in [-0.39, 0.29) is 11.9 Å². The van der Waals surface area contributed by atoms with Gasteiger partial charge in [-0.25, -0.2) is 0 Å². The maximum Gasteiger partial charge on any atom is 0.249 e. The molecule has 1 amide bonds. The Morgan fingerprint density at radius 1 is 1.35 bits per heavy atom. The van der Waals surface area contributed by atoms with Crippen molar-refractivity contribution in [2.75, 3.05) is 33.0 Å². The molecule has 0 aromatic carbocycles. The molecule has 3 heterocycles. The third-order valence-electron chi connectivity index (χ3n) is 5.77. The zero-order valence-corrected chi connectivity index (χ0v) is 15.4. The smallest absolute Gasteiger partial charge is 0.249 e. The highest BCUT2D eigenvalue weighted by molar-refractivity contribution is 5.93. The van der Waals surface area contributed by atoms with Crippen LogP contribution in [0.1, 0.15) is 50.3 Å². The van der Waals surface area contributed by atoms with Crippen LogP contribution in [0.2, 0.25) is 0 Å². The van der Waals surface area contributed by atoms with Gasteiger partial charge in [-0.05, 0) is 50.5 Å². The first-order valence-corrected chi connectivity index (χ1v) is 9.97. The van der Waals surface area contributed by atoms with Crippen molar-refractivity contribution >= 4 is 5.91 Å². The minimum absolute atomic E-state index is 0.203. The summed E-state index contributed by atoms with van der Waals surface area (Å²) in [5, 5.41) is 4.49. The summed E-state index contributed by atoms with van der Waals surface area (Å²) in [6, 6.07) is 2.23. The summed E-state index contributed by atoms with van der Waals surface area (Å²) < 4.78 is 13.4. The van der Waals surface area contributed by atoms with Crippen molar-refractivity contribution in [3.8, 4) is 0 Å². The van der Waals surface area contributed by atoms with Gasteiger partial charge in [-0.2, -0.15) is 5.10 Å². The number of hydrogen-bond acceptors (Lipinski definition) is 4. The van der Waals surface area contributed by atoms with Gasteiger partial charge in [0.25, 0.3) is 0 Å². The number of aromatic nitrogens is 2. The van der Waals surface area contributed by atoms with Crippen molar-refractivity contribution in [3.05, 3.63) is 29.6 Å². The first kappa shape index (κ1) is 17.7. The molecule has 1 aromatic rings. The van der Waals surface area contributed by atoms with Crippen molar-refractivity contribution in [3.63, 3.8) is 0 Å². The van der Waals surface area contributed by atoms with Crippen LogP contribution < -0.4 is 0 Å². The van der Waals surface area contributed by atoms with Crippen LogP contribution in [0.15, 0.2) is 23.9 Å². The van der Waals surface area contributed by atoms with Gasteiger partial charge < -0.3 is 14.4 Å². The summed E-state index contributed by atoms with van der Waals surface area (Å²) in [7, 11) is 0. The van der Waals surface area contributed by atoms with E-state index in [1.54, 1.807) is 0 Å². The van der Waals surface area contributed by atoms with Gasteiger partial charge in [-0.1, -0.05) is 6.08 Å². The summed E-state index contributed by atoms with van der Waals surface area (Å²) in [6.45, 7) is 4.64. The van der Waals surface area contributed by atoms with Gasteiger partial charge in [-0.3, -0.25) is 9.48 Å². The fourth-order valence-corrected chi connectivity index (χ4v) is 4.21. The number of fused-ring (bicyclic) bond motifs is 1. The molecule has 0 spiro atoms. The van der Waals surface area contributed by atoms with Crippen LogP contribution >= 0.6 is 0 Å². The predicted octanol–water partition coefficient (Wildman–Crippen LogP) is 2.71. The quantitative estimate of drug-likeness (QED) is 0.733. The van der Waals surface area contributed by atoms with Gasteiger partial charge in [0.15, 0.2) is 0 Å². The van der Waals surface area contributed by atoms with Crippen LogP contribution in [0.3, 0.4) is 0 Å². The van der Waals surface area contributed by atoms with Crippen molar-refractivity contribution in [1.82, 2.24) is 14.7 Å². The van der Waals surface area contributed by atoms with Crippen LogP contribution in [-0.2, 0) is 20.8 Å². The second-order valence-corrected chi connectivity index (χ2v) is 7.65. The maximum atomic E-state index is 12.8. The Morgan fingerprint density at radius 3 is 3.04 bits per heavy atom. The monoisotopic (exact) mass is 359 g/mol. The van der Waals surface area contributed by atoms with Crippen molar-refractivity contribution < 1.29 is 14.3 Å². The first-order valence-electron chi connectivity index (χ1n) is 9.97. The lowest BCUT2D eigenvalue weighted by molar-refractivity contribution is -0.129. The van der Waals surface area contributed by atoms with Gasteiger partial charge in [0.05, 0.1) is 18.3 Å². The Balaban J connectivity index is 1.32. The molecule has 0 saturated carbocycles. The molecule has 0 radical (unpaired) electrons. The second kappa shape index (κ2) is 8.35. The standard InChI is InChI=1S/C20H29N3O3/c24-20(17-3-1-2-4-17)22-13-18-5-9-21-23(18)19(14-22)8-12-26-15-16-6-10-25-11-7-16/h3,5,9,16,19H,1-2,4,6-8,10-15H2/t19-/m0/s1. The maximum absolute atomic E-state index is 12.8. The Bertz CT molecular complexity index is 648. The molecule has 3 aliphatic rings.